The fraction of sp³-hybridized carbons (Fsp3) is 0.789. The van der Waals surface area contributed by atoms with Crippen LogP contribution in [0.15, 0.2) is 35.5 Å². The van der Waals surface area contributed by atoms with Gasteiger partial charge in [-0.25, -0.2) is 0 Å². The molecule has 0 bridgehead atoms. The second kappa shape index (κ2) is 20.5. The standard InChI is InChI=1S/C38H70O6SSi2/c1-14-17-19-23-30(43-46(10,11)37(4,5)6)25-26-31-32(44-47(12,13)38(7,8)9)29-33(42-35(40)22-15-2)36(31)45-28-21-18-20-24-34(39)41-27-16-3/h16,25-26,30-32H,3,14-15,17-24,27-29H2,1-2,4-13H3/b26-25+/t30-,31-,32+/m0/s1. The maximum atomic E-state index is 12.8. The molecule has 0 aromatic heterocycles. The number of thioether (sulfide) groups is 1. The molecule has 0 N–H and O–H groups in total. The summed E-state index contributed by atoms with van der Waals surface area (Å²) in [5, 5.41) is 0.173. The van der Waals surface area contributed by atoms with Crippen LogP contribution in [-0.2, 0) is 27.9 Å². The average Bonchev–Trinajstić information content (AvgIpc) is 3.25. The molecule has 0 aromatic rings. The molecule has 1 aliphatic rings. The second-order valence-corrected chi connectivity index (χ2v) is 26.7. The maximum Gasteiger partial charge on any atom is 0.310 e. The van der Waals surface area contributed by atoms with Gasteiger partial charge in [0.15, 0.2) is 16.6 Å². The minimum atomic E-state index is -2.13. The van der Waals surface area contributed by atoms with E-state index in [1.807, 2.05) is 6.92 Å². The van der Waals surface area contributed by atoms with E-state index in [4.69, 9.17) is 18.3 Å². The summed E-state index contributed by atoms with van der Waals surface area (Å²) < 4.78 is 25.3. The molecule has 1 aliphatic carbocycles. The molecule has 0 unspecified atom stereocenters. The first-order valence-electron chi connectivity index (χ1n) is 18.2. The fourth-order valence-electron chi connectivity index (χ4n) is 4.85. The van der Waals surface area contributed by atoms with Crippen LogP contribution in [0.2, 0.25) is 36.3 Å². The summed E-state index contributed by atoms with van der Waals surface area (Å²) in [6.07, 6.45) is 15.5. The molecule has 3 atom stereocenters. The van der Waals surface area contributed by atoms with E-state index in [2.05, 4.69) is 93.4 Å². The molecule has 6 nitrogen and oxygen atoms in total. The van der Waals surface area contributed by atoms with Crippen LogP contribution in [0.1, 0.15) is 126 Å². The number of esters is 2. The van der Waals surface area contributed by atoms with Crippen molar-refractivity contribution in [2.45, 2.75) is 174 Å². The first kappa shape index (κ1) is 43.9. The highest BCUT2D eigenvalue weighted by Crippen LogP contribution is 2.47. The molecular weight excluding hydrogens is 641 g/mol. The third-order valence-corrected chi connectivity index (χ3v) is 20.1. The predicted octanol–water partition coefficient (Wildman–Crippen LogP) is 11.5. The summed E-state index contributed by atoms with van der Waals surface area (Å²) in [5.41, 5.74) is 0. The van der Waals surface area contributed by atoms with Crippen LogP contribution in [-0.4, -0.2) is 53.1 Å². The number of ether oxygens (including phenoxy) is 2. The number of carbonyl (C=O) groups excluding carboxylic acids is 2. The zero-order valence-electron chi connectivity index (χ0n) is 32.2. The molecule has 0 saturated heterocycles. The van der Waals surface area contributed by atoms with Gasteiger partial charge < -0.3 is 18.3 Å². The van der Waals surface area contributed by atoms with Gasteiger partial charge in [0.2, 0.25) is 0 Å². The lowest BCUT2D eigenvalue weighted by atomic mass is 10.0. The molecule has 0 saturated carbocycles. The lowest BCUT2D eigenvalue weighted by Gasteiger charge is -2.40. The summed E-state index contributed by atoms with van der Waals surface area (Å²) in [5.74, 6) is 1.29. The Morgan fingerprint density at radius 1 is 0.894 bits per heavy atom. The molecule has 0 heterocycles. The normalized spacial score (nSPS) is 18.6. The molecule has 1 rings (SSSR count). The van der Waals surface area contributed by atoms with Crippen molar-refractivity contribution in [2.75, 3.05) is 12.4 Å². The van der Waals surface area contributed by atoms with Gasteiger partial charge in [0.25, 0.3) is 0 Å². The third-order valence-electron chi connectivity index (χ3n) is 9.83. The van der Waals surface area contributed by atoms with Gasteiger partial charge in [-0.3, -0.25) is 9.59 Å². The number of unbranched alkanes of at least 4 members (excludes halogenated alkanes) is 4. The molecule has 0 amide bonds. The molecule has 9 heteroatoms. The average molecular weight is 711 g/mol. The van der Waals surface area contributed by atoms with Gasteiger partial charge in [-0.15, -0.1) is 11.8 Å². The number of hydrogen-bond acceptors (Lipinski definition) is 7. The summed E-state index contributed by atoms with van der Waals surface area (Å²) in [7, 11) is -4.12. The van der Waals surface area contributed by atoms with Crippen molar-refractivity contribution < 1.29 is 27.9 Å². The van der Waals surface area contributed by atoms with Crippen LogP contribution in [0.3, 0.4) is 0 Å². The van der Waals surface area contributed by atoms with Crippen molar-refractivity contribution in [3.63, 3.8) is 0 Å². The van der Waals surface area contributed by atoms with E-state index in [9.17, 15) is 9.59 Å². The fourth-order valence-corrected chi connectivity index (χ4v) is 8.78. The van der Waals surface area contributed by atoms with E-state index >= 15 is 0 Å². The van der Waals surface area contributed by atoms with Crippen LogP contribution in [0.5, 0.6) is 0 Å². The summed E-state index contributed by atoms with van der Waals surface area (Å²) in [6.45, 7) is 31.1. The van der Waals surface area contributed by atoms with Gasteiger partial charge >= 0.3 is 11.9 Å². The lowest BCUT2D eigenvalue weighted by Crippen LogP contribution is -2.45. The van der Waals surface area contributed by atoms with Crippen molar-refractivity contribution >= 4 is 40.3 Å². The Morgan fingerprint density at radius 3 is 2.13 bits per heavy atom. The number of carbonyl (C=O) groups is 2. The van der Waals surface area contributed by atoms with Crippen LogP contribution < -0.4 is 0 Å². The first-order valence-corrected chi connectivity index (χ1v) is 25.0. The lowest BCUT2D eigenvalue weighted by molar-refractivity contribution is -0.142. The molecule has 0 radical (unpaired) electrons. The van der Waals surface area contributed by atoms with Crippen molar-refractivity contribution in [3.05, 3.63) is 35.5 Å². The Labute approximate surface area is 295 Å². The van der Waals surface area contributed by atoms with E-state index < -0.39 is 16.6 Å². The zero-order chi connectivity index (χ0) is 35.9. The molecule has 0 fully saturated rings. The van der Waals surface area contributed by atoms with Gasteiger partial charge in [-0.2, -0.15) is 0 Å². The Morgan fingerprint density at radius 2 is 1.55 bits per heavy atom. The molecule has 0 aromatic carbocycles. The minimum Gasteiger partial charge on any atom is -0.461 e. The zero-order valence-corrected chi connectivity index (χ0v) is 35.0. The predicted molar refractivity (Wildman–Crippen MR) is 206 cm³/mol. The molecule has 47 heavy (non-hydrogen) atoms. The van der Waals surface area contributed by atoms with E-state index in [1.165, 1.54) is 12.8 Å². The number of rotatable bonds is 22. The van der Waals surface area contributed by atoms with E-state index in [-0.39, 0.29) is 46.7 Å². The molecule has 0 spiro atoms. The topological polar surface area (TPSA) is 71.1 Å². The van der Waals surface area contributed by atoms with Crippen molar-refractivity contribution in [3.8, 4) is 0 Å². The van der Waals surface area contributed by atoms with Gasteiger partial charge in [0, 0.05) is 30.1 Å². The van der Waals surface area contributed by atoms with Gasteiger partial charge in [0.05, 0.1) is 12.2 Å². The highest BCUT2D eigenvalue weighted by Gasteiger charge is 2.45. The van der Waals surface area contributed by atoms with Crippen molar-refractivity contribution in [2.24, 2.45) is 5.92 Å². The summed E-state index contributed by atoms with van der Waals surface area (Å²) in [6, 6.07) is 0. The number of hydrogen-bond donors (Lipinski definition) is 0. The molecule has 0 aliphatic heterocycles. The van der Waals surface area contributed by atoms with Crippen LogP contribution in [0.25, 0.3) is 0 Å². The van der Waals surface area contributed by atoms with Crippen molar-refractivity contribution in [1.29, 1.82) is 0 Å². The molecule has 272 valence electrons. The monoisotopic (exact) mass is 710 g/mol. The van der Waals surface area contributed by atoms with E-state index in [0.29, 0.717) is 19.3 Å². The Bertz CT molecular complexity index is 1040. The van der Waals surface area contributed by atoms with Crippen LogP contribution in [0.4, 0.5) is 0 Å². The van der Waals surface area contributed by atoms with Crippen LogP contribution in [0, 0.1) is 5.92 Å². The Hall–Kier alpha value is -1.14. The summed E-state index contributed by atoms with van der Waals surface area (Å²) >= 11 is 1.79. The SMILES string of the molecule is C=CCOC(=O)CCCCCSC1=C(OC(=O)CCC)C[C@@H](O[Si](C)(C)C(C)(C)C)[C@@H]1/C=C/[C@H](CCCCC)O[Si](C)(C)C(C)(C)C. The maximum absolute atomic E-state index is 12.8. The first-order chi connectivity index (χ1) is 21.8. The Balaban J connectivity index is 3.40. The Kier molecular flexibility index (Phi) is 19.2. The van der Waals surface area contributed by atoms with Gasteiger partial charge in [0.1, 0.15) is 12.4 Å². The highest BCUT2D eigenvalue weighted by atomic mass is 32.2. The quantitative estimate of drug-likeness (QED) is 0.0479. The third kappa shape index (κ3) is 15.5. The van der Waals surface area contributed by atoms with Crippen LogP contribution >= 0.6 is 11.8 Å². The summed E-state index contributed by atoms with van der Waals surface area (Å²) in [4.78, 5) is 25.8. The largest absolute Gasteiger partial charge is 0.461 e. The van der Waals surface area contributed by atoms with Gasteiger partial charge in [-0.05, 0) is 67.7 Å². The van der Waals surface area contributed by atoms with E-state index in [1.54, 1.807) is 17.8 Å². The van der Waals surface area contributed by atoms with Gasteiger partial charge in [-0.1, -0.05) is 106 Å². The molecular formula is C38H70O6SSi2. The minimum absolute atomic E-state index is 0.0101. The van der Waals surface area contributed by atoms with Crippen molar-refractivity contribution in [1.82, 2.24) is 0 Å². The van der Waals surface area contributed by atoms with E-state index in [0.717, 1.165) is 54.9 Å². The highest BCUT2D eigenvalue weighted by molar-refractivity contribution is 8.03. The smallest absolute Gasteiger partial charge is 0.310 e. The second-order valence-electron chi connectivity index (χ2n) is 16.1.